The van der Waals surface area contributed by atoms with Crippen LogP contribution in [0.5, 0.6) is 0 Å². The summed E-state index contributed by atoms with van der Waals surface area (Å²) < 4.78 is 4.72. The number of benzene rings is 1. The molecule has 7 nitrogen and oxygen atoms in total. The van der Waals surface area contributed by atoms with Gasteiger partial charge in [-0.05, 0) is 26.0 Å². The normalized spacial score (nSPS) is 11.5. The molecule has 1 aromatic carbocycles. The predicted octanol–water partition coefficient (Wildman–Crippen LogP) is 1.73. The second kappa shape index (κ2) is 6.48. The molecule has 0 aliphatic rings. The van der Waals surface area contributed by atoms with Crippen LogP contribution < -0.4 is 5.32 Å². The molecule has 1 atom stereocenters. The lowest BCUT2D eigenvalue weighted by atomic mass is 10.1. The Morgan fingerprint density at radius 1 is 1.37 bits per heavy atom. The molecule has 0 aliphatic heterocycles. The van der Waals surface area contributed by atoms with Crippen molar-refractivity contribution in [2.45, 2.75) is 13.8 Å². The summed E-state index contributed by atoms with van der Waals surface area (Å²) in [5.41, 5.74) is 0.309. The number of nitro groups is 1. The van der Waals surface area contributed by atoms with Gasteiger partial charge in [-0.15, -0.1) is 0 Å². The number of esters is 1. The summed E-state index contributed by atoms with van der Waals surface area (Å²) in [4.78, 5) is 33.0. The molecule has 1 rings (SSSR count). The van der Waals surface area contributed by atoms with Crippen molar-refractivity contribution in [2.75, 3.05) is 11.9 Å². The van der Waals surface area contributed by atoms with Gasteiger partial charge < -0.3 is 10.1 Å². The third kappa shape index (κ3) is 4.06. The Morgan fingerprint density at radius 2 is 1.95 bits per heavy atom. The molecule has 1 amide bonds. The van der Waals surface area contributed by atoms with Crippen LogP contribution in [0.2, 0.25) is 0 Å². The first kappa shape index (κ1) is 14.6. The highest BCUT2D eigenvalue weighted by atomic mass is 16.6. The van der Waals surface area contributed by atoms with E-state index in [1.54, 1.807) is 6.92 Å². The van der Waals surface area contributed by atoms with Crippen molar-refractivity contribution in [2.24, 2.45) is 5.92 Å². The van der Waals surface area contributed by atoms with Crippen LogP contribution in [0.4, 0.5) is 11.4 Å². The molecule has 7 heteroatoms. The van der Waals surface area contributed by atoms with E-state index in [-0.39, 0.29) is 12.3 Å². The van der Waals surface area contributed by atoms with Crippen LogP contribution >= 0.6 is 0 Å². The Bertz CT molecular complexity index is 483. The largest absolute Gasteiger partial charge is 0.465 e. The fraction of sp³-hybridized carbons (Fsp3) is 0.333. The second-order valence-electron chi connectivity index (χ2n) is 3.77. The number of carbonyl (C=O) groups excluding carboxylic acids is 2. The van der Waals surface area contributed by atoms with Gasteiger partial charge in [0.2, 0.25) is 5.91 Å². The molecule has 0 bridgehead atoms. The average Bonchev–Trinajstić information content (AvgIpc) is 2.38. The minimum Gasteiger partial charge on any atom is -0.465 e. The van der Waals surface area contributed by atoms with Crippen molar-refractivity contribution < 1.29 is 19.2 Å². The first-order chi connectivity index (χ1) is 8.95. The maximum atomic E-state index is 11.7. The molecule has 1 aromatic rings. The molecule has 0 radical (unpaired) electrons. The van der Waals surface area contributed by atoms with E-state index in [9.17, 15) is 19.7 Å². The average molecular weight is 266 g/mol. The number of hydrogen-bond donors (Lipinski definition) is 1. The fourth-order valence-electron chi connectivity index (χ4n) is 1.29. The van der Waals surface area contributed by atoms with E-state index in [0.29, 0.717) is 5.69 Å². The van der Waals surface area contributed by atoms with Gasteiger partial charge in [-0.2, -0.15) is 0 Å². The molecule has 1 N–H and O–H groups in total. The van der Waals surface area contributed by atoms with E-state index in [4.69, 9.17) is 4.74 Å². The van der Waals surface area contributed by atoms with E-state index in [0.717, 1.165) is 0 Å². The van der Waals surface area contributed by atoms with Crippen molar-refractivity contribution >= 4 is 23.3 Å². The number of carbonyl (C=O) groups is 2. The number of non-ortho nitro benzene ring substituents is 1. The van der Waals surface area contributed by atoms with E-state index in [1.807, 2.05) is 0 Å². The molecule has 0 fully saturated rings. The third-order valence-corrected chi connectivity index (χ3v) is 2.38. The molecule has 0 aliphatic carbocycles. The van der Waals surface area contributed by atoms with E-state index >= 15 is 0 Å². The maximum Gasteiger partial charge on any atom is 0.318 e. The van der Waals surface area contributed by atoms with Crippen LogP contribution in [0.25, 0.3) is 0 Å². The minimum atomic E-state index is -0.935. The summed E-state index contributed by atoms with van der Waals surface area (Å²) in [6.07, 6.45) is 0. The SMILES string of the molecule is CCOC(=O)C(C)C(=O)Nc1ccc([N+](=O)[O-])cc1. The lowest BCUT2D eigenvalue weighted by Crippen LogP contribution is -2.28. The van der Waals surface area contributed by atoms with Gasteiger partial charge in [0.1, 0.15) is 5.92 Å². The summed E-state index contributed by atoms with van der Waals surface area (Å²) in [6, 6.07) is 5.33. The molecule has 0 saturated heterocycles. The van der Waals surface area contributed by atoms with E-state index < -0.39 is 22.7 Å². The lowest BCUT2D eigenvalue weighted by molar-refractivity contribution is -0.384. The van der Waals surface area contributed by atoms with Gasteiger partial charge in [0.05, 0.1) is 11.5 Å². The van der Waals surface area contributed by atoms with Crippen molar-refractivity contribution in [3.8, 4) is 0 Å². The summed E-state index contributed by atoms with van der Waals surface area (Å²) in [5.74, 6) is -2.07. The fourth-order valence-corrected chi connectivity index (χ4v) is 1.29. The van der Waals surface area contributed by atoms with Crippen molar-refractivity contribution in [3.05, 3.63) is 34.4 Å². The van der Waals surface area contributed by atoms with Crippen molar-refractivity contribution in [3.63, 3.8) is 0 Å². The topological polar surface area (TPSA) is 98.5 Å². The summed E-state index contributed by atoms with van der Waals surface area (Å²) in [5, 5.41) is 12.9. The molecule has 0 spiro atoms. The number of hydrogen-bond acceptors (Lipinski definition) is 5. The molecule has 0 heterocycles. The van der Waals surface area contributed by atoms with Gasteiger partial charge in [0.15, 0.2) is 0 Å². The van der Waals surface area contributed by atoms with Gasteiger partial charge in [0.25, 0.3) is 5.69 Å². The van der Waals surface area contributed by atoms with Crippen LogP contribution in [0, 0.1) is 16.0 Å². The number of ether oxygens (including phenoxy) is 1. The Labute approximate surface area is 109 Å². The van der Waals surface area contributed by atoms with Gasteiger partial charge in [-0.25, -0.2) is 0 Å². The molecule has 1 unspecified atom stereocenters. The Kier molecular flexibility index (Phi) is 4.99. The third-order valence-electron chi connectivity index (χ3n) is 2.38. The first-order valence-electron chi connectivity index (χ1n) is 5.67. The maximum absolute atomic E-state index is 11.7. The predicted molar refractivity (Wildman–Crippen MR) is 67.5 cm³/mol. The molecular weight excluding hydrogens is 252 g/mol. The number of nitrogens with one attached hydrogen (secondary N) is 1. The quantitative estimate of drug-likeness (QED) is 0.378. The standard InChI is InChI=1S/C12H14N2O5/c1-3-19-12(16)8(2)11(15)13-9-4-6-10(7-5-9)14(17)18/h4-8H,3H2,1-2H3,(H,13,15). The Hall–Kier alpha value is -2.44. The summed E-state index contributed by atoms with van der Waals surface area (Å²) in [7, 11) is 0. The number of rotatable bonds is 5. The Balaban J connectivity index is 2.66. The highest BCUT2D eigenvalue weighted by molar-refractivity contribution is 6.04. The second-order valence-corrected chi connectivity index (χ2v) is 3.77. The molecule has 0 saturated carbocycles. The van der Waals surface area contributed by atoms with Gasteiger partial charge >= 0.3 is 5.97 Å². The van der Waals surface area contributed by atoms with Gasteiger partial charge in [-0.3, -0.25) is 19.7 Å². The van der Waals surface area contributed by atoms with E-state index in [2.05, 4.69) is 5.32 Å². The number of amides is 1. The molecular formula is C12H14N2O5. The lowest BCUT2D eigenvalue weighted by Gasteiger charge is -2.10. The zero-order chi connectivity index (χ0) is 14.4. The molecule has 102 valence electrons. The van der Waals surface area contributed by atoms with Crippen LogP contribution in [0.1, 0.15) is 13.8 Å². The highest BCUT2D eigenvalue weighted by Gasteiger charge is 2.22. The number of anilines is 1. The zero-order valence-corrected chi connectivity index (χ0v) is 10.6. The van der Waals surface area contributed by atoms with Crippen molar-refractivity contribution in [1.82, 2.24) is 0 Å². The number of nitro benzene ring substituents is 1. The van der Waals surface area contributed by atoms with Crippen LogP contribution in [-0.4, -0.2) is 23.4 Å². The van der Waals surface area contributed by atoms with Gasteiger partial charge in [-0.1, -0.05) is 0 Å². The minimum absolute atomic E-state index is 0.0727. The van der Waals surface area contributed by atoms with Crippen LogP contribution in [0.3, 0.4) is 0 Å². The Morgan fingerprint density at radius 3 is 2.42 bits per heavy atom. The number of nitrogens with zero attached hydrogens (tertiary/aromatic N) is 1. The van der Waals surface area contributed by atoms with Gasteiger partial charge in [0, 0.05) is 17.8 Å². The smallest absolute Gasteiger partial charge is 0.318 e. The molecule has 0 aromatic heterocycles. The summed E-state index contributed by atoms with van der Waals surface area (Å²) in [6.45, 7) is 3.28. The first-order valence-corrected chi connectivity index (χ1v) is 5.67. The zero-order valence-electron chi connectivity index (χ0n) is 10.6. The van der Waals surface area contributed by atoms with Crippen LogP contribution in [0.15, 0.2) is 24.3 Å². The monoisotopic (exact) mass is 266 g/mol. The van der Waals surface area contributed by atoms with Crippen LogP contribution in [-0.2, 0) is 14.3 Å². The highest BCUT2D eigenvalue weighted by Crippen LogP contribution is 2.16. The molecule has 19 heavy (non-hydrogen) atoms. The summed E-state index contributed by atoms with van der Waals surface area (Å²) >= 11 is 0. The van der Waals surface area contributed by atoms with Crippen molar-refractivity contribution in [1.29, 1.82) is 0 Å². The van der Waals surface area contributed by atoms with E-state index in [1.165, 1.54) is 31.2 Å².